The molecule has 3 rings (SSSR count). The molecule has 0 saturated heterocycles. The molecule has 6 nitrogen and oxygen atoms in total. The Hall–Kier alpha value is -2.67. The van der Waals surface area contributed by atoms with E-state index < -0.39 is 0 Å². The van der Waals surface area contributed by atoms with Gasteiger partial charge >= 0.3 is 0 Å². The molecule has 30 heavy (non-hydrogen) atoms. The zero-order valence-electron chi connectivity index (χ0n) is 17.7. The van der Waals surface area contributed by atoms with Gasteiger partial charge in [-0.05, 0) is 17.9 Å². The van der Waals surface area contributed by atoms with Crippen LogP contribution in [0.3, 0.4) is 0 Å². The molecule has 0 atom stereocenters. The Balaban J connectivity index is 0.000000416. The van der Waals surface area contributed by atoms with Gasteiger partial charge in [-0.15, -0.1) is 11.3 Å². The minimum atomic E-state index is -0.341. The van der Waals surface area contributed by atoms with Crippen molar-refractivity contribution in [1.82, 2.24) is 0 Å². The van der Waals surface area contributed by atoms with E-state index >= 15 is 0 Å². The van der Waals surface area contributed by atoms with Gasteiger partial charge in [-0.1, -0.05) is 49.0 Å². The summed E-state index contributed by atoms with van der Waals surface area (Å²) in [5.74, 6) is 2.08. The van der Waals surface area contributed by atoms with Crippen LogP contribution in [0.1, 0.15) is 82.9 Å². The molecule has 0 amide bonds. The zero-order chi connectivity index (χ0) is 22.1. The Labute approximate surface area is 182 Å². The van der Waals surface area contributed by atoms with Crippen LogP contribution in [-0.4, -0.2) is 15.3 Å². The van der Waals surface area contributed by atoms with Gasteiger partial charge in [0.25, 0.3) is 0 Å². The average Bonchev–Trinajstić information content (AvgIpc) is 3.27. The van der Waals surface area contributed by atoms with Crippen LogP contribution in [-0.2, 0) is 0 Å². The van der Waals surface area contributed by atoms with Gasteiger partial charge in [0.15, 0.2) is 11.5 Å². The lowest BCUT2D eigenvalue weighted by Crippen LogP contribution is -2.08. The lowest BCUT2D eigenvalue weighted by molar-refractivity contribution is 0.424. The van der Waals surface area contributed by atoms with Crippen molar-refractivity contribution >= 4 is 11.3 Å². The van der Waals surface area contributed by atoms with Crippen molar-refractivity contribution in [2.75, 3.05) is 0 Å². The van der Waals surface area contributed by atoms with Gasteiger partial charge in [-0.3, -0.25) is 4.79 Å². The number of aromatic hydroxyl groups is 3. The molecular formula is C23H34O6S. The first-order valence-corrected chi connectivity index (χ1v) is 10.2. The fourth-order valence-corrected chi connectivity index (χ4v) is 2.90. The highest BCUT2D eigenvalue weighted by atomic mass is 32.1. The average molecular weight is 439 g/mol. The molecule has 3 N–H and O–H groups in total. The minimum absolute atomic E-state index is 0. The Morgan fingerprint density at radius 1 is 0.833 bits per heavy atom. The quantitative estimate of drug-likeness (QED) is 0.416. The number of furan rings is 1. The molecular weight excluding hydrogens is 404 g/mol. The molecule has 3 aromatic rings. The highest BCUT2D eigenvalue weighted by molar-refractivity contribution is 7.10. The van der Waals surface area contributed by atoms with E-state index in [1.807, 2.05) is 33.8 Å². The van der Waals surface area contributed by atoms with Crippen molar-refractivity contribution in [2.24, 2.45) is 0 Å². The Morgan fingerprint density at radius 3 is 1.77 bits per heavy atom. The van der Waals surface area contributed by atoms with Crippen LogP contribution in [0.15, 0.2) is 49.9 Å². The third-order valence-electron chi connectivity index (χ3n) is 3.84. The second-order valence-corrected chi connectivity index (χ2v) is 8.36. The lowest BCUT2D eigenvalue weighted by atomic mass is 10.1. The molecule has 0 bridgehead atoms. The molecule has 7 heteroatoms. The number of rotatable bonds is 3. The monoisotopic (exact) mass is 438 g/mol. The predicted molar refractivity (Wildman–Crippen MR) is 122 cm³/mol. The summed E-state index contributed by atoms with van der Waals surface area (Å²) in [5.41, 5.74) is 0.163. The van der Waals surface area contributed by atoms with Gasteiger partial charge in [0, 0.05) is 27.8 Å². The van der Waals surface area contributed by atoms with Gasteiger partial charge in [-0.2, -0.15) is 0 Å². The summed E-state index contributed by atoms with van der Waals surface area (Å²) in [6, 6.07) is 3.44. The fraction of sp³-hybridized carbons (Fsp3) is 0.435. The van der Waals surface area contributed by atoms with E-state index in [0.29, 0.717) is 23.1 Å². The second kappa shape index (κ2) is 12.8. The highest BCUT2D eigenvalue weighted by Crippen LogP contribution is 2.26. The summed E-state index contributed by atoms with van der Waals surface area (Å²) in [5, 5.41) is 28.4. The largest absolute Gasteiger partial charge is 0.507 e. The molecule has 0 fully saturated rings. The van der Waals surface area contributed by atoms with Crippen molar-refractivity contribution in [1.29, 1.82) is 0 Å². The van der Waals surface area contributed by atoms with Crippen LogP contribution in [0.2, 0.25) is 0 Å². The van der Waals surface area contributed by atoms with Crippen LogP contribution >= 0.6 is 11.3 Å². The van der Waals surface area contributed by atoms with Crippen LogP contribution < -0.4 is 5.43 Å². The first-order valence-electron chi connectivity index (χ1n) is 9.37. The van der Waals surface area contributed by atoms with Gasteiger partial charge in [0.05, 0.1) is 6.26 Å². The standard InChI is InChI=1S/C8H10O3.C7H10O2.C7H10OS.CH4/c1-5(2)6-3-11-4-7(9)8(6)10;2*1-5(2)7-3-6(8)4-9-7;/h3-5,9H,1-2H3;2*3-5,8H,1-2H3;1H4. The number of hydrogen-bond donors (Lipinski definition) is 3. The third-order valence-corrected chi connectivity index (χ3v) is 5.06. The molecule has 3 heterocycles. The van der Waals surface area contributed by atoms with Gasteiger partial charge in [0.1, 0.15) is 24.0 Å². The molecule has 0 aliphatic rings. The molecule has 0 aliphatic heterocycles. The molecule has 0 spiro atoms. The van der Waals surface area contributed by atoms with E-state index in [-0.39, 0.29) is 30.3 Å². The van der Waals surface area contributed by atoms with E-state index in [9.17, 15) is 4.79 Å². The zero-order valence-corrected chi connectivity index (χ0v) is 18.5. The Morgan fingerprint density at radius 2 is 1.47 bits per heavy atom. The summed E-state index contributed by atoms with van der Waals surface area (Å²) in [6.07, 6.45) is 3.75. The molecule has 0 aromatic carbocycles. The SMILES string of the molecule is C.CC(C)c1cc(O)co1.CC(C)c1cc(O)cs1.CC(C)c1cocc(O)c1=O. The number of hydrogen-bond acceptors (Lipinski definition) is 7. The molecule has 3 aromatic heterocycles. The molecule has 0 radical (unpaired) electrons. The van der Waals surface area contributed by atoms with Crippen molar-refractivity contribution < 1.29 is 24.2 Å². The van der Waals surface area contributed by atoms with Crippen molar-refractivity contribution in [3.8, 4) is 17.2 Å². The first-order chi connectivity index (χ1) is 13.5. The third kappa shape index (κ3) is 8.78. The normalized spacial score (nSPS) is 10.2. The topological polar surface area (TPSA) is 104 Å². The highest BCUT2D eigenvalue weighted by Gasteiger charge is 2.08. The first kappa shape index (κ1) is 27.3. The van der Waals surface area contributed by atoms with E-state index in [1.165, 1.54) is 17.4 Å². The summed E-state index contributed by atoms with van der Waals surface area (Å²) in [6.45, 7) is 12.0. The van der Waals surface area contributed by atoms with Crippen molar-refractivity contribution in [3.05, 3.63) is 62.7 Å². The van der Waals surface area contributed by atoms with Gasteiger partial charge in [-0.25, -0.2) is 0 Å². The molecule has 0 saturated carbocycles. The fourth-order valence-electron chi connectivity index (χ4n) is 2.11. The summed E-state index contributed by atoms with van der Waals surface area (Å²) >= 11 is 1.61. The molecule has 0 unspecified atom stereocenters. The summed E-state index contributed by atoms with van der Waals surface area (Å²) in [4.78, 5) is 12.3. The maximum atomic E-state index is 11.1. The van der Waals surface area contributed by atoms with Crippen LogP contribution in [0.5, 0.6) is 17.2 Å². The lowest BCUT2D eigenvalue weighted by Gasteiger charge is -2.01. The maximum absolute atomic E-state index is 11.1. The summed E-state index contributed by atoms with van der Waals surface area (Å²) in [7, 11) is 0. The minimum Gasteiger partial charge on any atom is -0.507 e. The van der Waals surface area contributed by atoms with Crippen LogP contribution in [0.4, 0.5) is 0 Å². The predicted octanol–water partition coefficient (Wildman–Crippen LogP) is 6.79. The van der Waals surface area contributed by atoms with Crippen LogP contribution in [0.25, 0.3) is 0 Å². The van der Waals surface area contributed by atoms with Gasteiger partial charge < -0.3 is 24.2 Å². The Kier molecular flexibility index (Phi) is 11.7. The smallest absolute Gasteiger partial charge is 0.229 e. The Bertz CT molecular complexity index is 873. The molecule has 0 aliphatic carbocycles. The molecule has 168 valence electrons. The van der Waals surface area contributed by atoms with E-state index in [0.717, 1.165) is 12.0 Å². The van der Waals surface area contributed by atoms with Crippen LogP contribution in [0, 0.1) is 0 Å². The maximum Gasteiger partial charge on any atom is 0.229 e. The van der Waals surface area contributed by atoms with E-state index in [4.69, 9.17) is 24.2 Å². The van der Waals surface area contributed by atoms with Gasteiger partial charge in [0.2, 0.25) is 5.43 Å². The van der Waals surface area contributed by atoms with Crippen molar-refractivity contribution in [3.63, 3.8) is 0 Å². The van der Waals surface area contributed by atoms with E-state index in [2.05, 4.69) is 13.8 Å². The van der Waals surface area contributed by atoms with Crippen molar-refractivity contribution in [2.45, 2.75) is 66.7 Å². The van der Waals surface area contributed by atoms with E-state index in [1.54, 1.807) is 22.8 Å². The second-order valence-electron chi connectivity index (χ2n) is 7.42. The summed E-state index contributed by atoms with van der Waals surface area (Å²) < 4.78 is 9.71. The number of thiophene rings is 1.